The molecule has 4 N–H and O–H groups in total. The Hall–Kier alpha value is -1.43. The largest absolute Gasteiger partial charge is 0.376 e. The molecule has 5 nitrogen and oxygen atoms in total. The van der Waals surface area contributed by atoms with E-state index in [9.17, 15) is 0 Å². The van der Waals surface area contributed by atoms with Gasteiger partial charge in [0.15, 0.2) is 5.11 Å². The van der Waals surface area contributed by atoms with Gasteiger partial charge in [0.05, 0.1) is 0 Å². The minimum absolute atomic E-state index is 0.338. The standard InChI is InChI=1S/C8H13N5S/c9-8(14)11-5-2-4-10-7-3-1-6-12-13-7/h1,3,6H,2,4-5H2,(H,10,13)(H3,9,11,14). The number of aromatic nitrogens is 2. The van der Waals surface area contributed by atoms with Crippen LogP contribution in [0.25, 0.3) is 0 Å². The highest BCUT2D eigenvalue weighted by Crippen LogP contribution is 1.96. The van der Waals surface area contributed by atoms with Crippen molar-refractivity contribution >= 4 is 23.1 Å². The zero-order valence-corrected chi connectivity index (χ0v) is 8.55. The Labute approximate surface area is 88.1 Å². The van der Waals surface area contributed by atoms with Gasteiger partial charge < -0.3 is 16.4 Å². The molecule has 1 aromatic heterocycles. The molecule has 1 rings (SSSR count). The molecule has 0 bridgehead atoms. The summed E-state index contributed by atoms with van der Waals surface area (Å²) in [7, 11) is 0. The normalized spacial score (nSPS) is 9.43. The monoisotopic (exact) mass is 211 g/mol. The van der Waals surface area contributed by atoms with Gasteiger partial charge >= 0.3 is 0 Å². The molecule has 0 aliphatic heterocycles. The summed E-state index contributed by atoms with van der Waals surface area (Å²) in [5.74, 6) is 0.780. The predicted octanol–water partition coefficient (Wildman–Crippen LogP) is 0.112. The predicted molar refractivity (Wildman–Crippen MR) is 59.9 cm³/mol. The van der Waals surface area contributed by atoms with E-state index < -0.39 is 0 Å². The first-order valence-electron chi connectivity index (χ1n) is 4.34. The summed E-state index contributed by atoms with van der Waals surface area (Å²) < 4.78 is 0. The summed E-state index contributed by atoms with van der Waals surface area (Å²) in [4.78, 5) is 0. The summed E-state index contributed by atoms with van der Waals surface area (Å²) in [6, 6.07) is 3.70. The van der Waals surface area contributed by atoms with E-state index in [-0.39, 0.29) is 0 Å². The molecule has 76 valence electrons. The number of hydrogen-bond donors (Lipinski definition) is 3. The first-order chi connectivity index (χ1) is 6.79. The van der Waals surface area contributed by atoms with Gasteiger partial charge in [-0.25, -0.2) is 0 Å². The van der Waals surface area contributed by atoms with Crippen molar-refractivity contribution in [3.05, 3.63) is 18.3 Å². The van der Waals surface area contributed by atoms with Gasteiger partial charge in [-0.2, -0.15) is 5.10 Å². The quantitative estimate of drug-likeness (QED) is 0.474. The molecule has 0 spiro atoms. The Kier molecular flexibility index (Phi) is 4.63. The molecule has 6 heteroatoms. The number of hydrogen-bond acceptors (Lipinski definition) is 4. The molecule has 0 aliphatic rings. The Balaban J connectivity index is 2.08. The van der Waals surface area contributed by atoms with Crippen molar-refractivity contribution < 1.29 is 0 Å². The van der Waals surface area contributed by atoms with E-state index in [1.807, 2.05) is 12.1 Å². The molecule has 0 aliphatic carbocycles. The fourth-order valence-electron chi connectivity index (χ4n) is 0.912. The van der Waals surface area contributed by atoms with Crippen LogP contribution in [-0.4, -0.2) is 28.4 Å². The Bertz CT molecular complexity index is 276. The van der Waals surface area contributed by atoms with E-state index >= 15 is 0 Å². The van der Waals surface area contributed by atoms with Crippen LogP contribution in [-0.2, 0) is 0 Å². The van der Waals surface area contributed by atoms with Gasteiger partial charge in [-0.3, -0.25) is 0 Å². The zero-order valence-electron chi connectivity index (χ0n) is 7.73. The third kappa shape index (κ3) is 4.56. The maximum atomic E-state index is 5.26. The van der Waals surface area contributed by atoms with E-state index in [0.717, 1.165) is 25.3 Å². The van der Waals surface area contributed by atoms with Gasteiger partial charge in [-0.15, -0.1) is 5.10 Å². The molecule has 0 amide bonds. The summed E-state index contributed by atoms with van der Waals surface area (Å²) in [6.45, 7) is 1.58. The minimum Gasteiger partial charge on any atom is -0.376 e. The topological polar surface area (TPSA) is 75.9 Å². The maximum Gasteiger partial charge on any atom is 0.163 e. The summed E-state index contributed by atoms with van der Waals surface area (Å²) >= 11 is 4.66. The molecule has 0 saturated carbocycles. The molecule has 0 fully saturated rings. The van der Waals surface area contributed by atoms with Gasteiger partial charge in [0, 0.05) is 19.3 Å². The third-order valence-corrected chi connectivity index (χ3v) is 1.68. The molecule has 1 aromatic rings. The lowest BCUT2D eigenvalue weighted by Gasteiger charge is -2.05. The van der Waals surface area contributed by atoms with E-state index in [2.05, 4.69) is 33.0 Å². The van der Waals surface area contributed by atoms with Crippen molar-refractivity contribution in [2.45, 2.75) is 6.42 Å². The first kappa shape index (κ1) is 10.6. The van der Waals surface area contributed by atoms with Gasteiger partial charge in [-0.05, 0) is 30.8 Å². The van der Waals surface area contributed by atoms with Crippen molar-refractivity contribution in [1.29, 1.82) is 0 Å². The lowest BCUT2D eigenvalue weighted by atomic mass is 10.4. The van der Waals surface area contributed by atoms with Crippen LogP contribution in [0.2, 0.25) is 0 Å². The van der Waals surface area contributed by atoms with Crippen LogP contribution < -0.4 is 16.4 Å². The van der Waals surface area contributed by atoms with Crippen LogP contribution in [0.5, 0.6) is 0 Å². The number of nitrogens with one attached hydrogen (secondary N) is 2. The first-order valence-corrected chi connectivity index (χ1v) is 4.75. The number of nitrogens with zero attached hydrogens (tertiary/aromatic N) is 2. The number of nitrogens with two attached hydrogens (primary N) is 1. The SMILES string of the molecule is NC(=S)NCCCNc1cccnn1. The van der Waals surface area contributed by atoms with E-state index in [4.69, 9.17) is 5.73 Å². The van der Waals surface area contributed by atoms with Crippen molar-refractivity contribution in [2.24, 2.45) is 5.73 Å². The molecule has 1 heterocycles. The second-order valence-electron chi connectivity index (χ2n) is 2.68. The number of rotatable bonds is 5. The highest BCUT2D eigenvalue weighted by atomic mass is 32.1. The van der Waals surface area contributed by atoms with E-state index in [0.29, 0.717) is 5.11 Å². The number of anilines is 1. The van der Waals surface area contributed by atoms with E-state index in [1.165, 1.54) is 0 Å². The lowest BCUT2D eigenvalue weighted by molar-refractivity contribution is 0.802. The van der Waals surface area contributed by atoms with Gasteiger partial charge in [0.1, 0.15) is 5.82 Å². The fraction of sp³-hybridized carbons (Fsp3) is 0.375. The highest BCUT2D eigenvalue weighted by molar-refractivity contribution is 7.80. The third-order valence-electron chi connectivity index (χ3n) is 1.53. The zero-order chi connectivity index (χ0) is 10.2. The number of thiocarbonyl (C=S) groups is 1. The lowest BCUT2D eigenvalue weighted by Crippen LogP contribution is -2.30. The van der Waals surface area contributed by atoms with Crippen molar-refractivity contribution in [3.63, 3.8) is 0 Å². The van der Waals surface area contributed by atoms with Crippen LogP contribution in [0.15, 0.2) is 18.3 Å². The summed E-state index contributed by atoms with van der Waals surface area (Å²) in [6.07, 6.45) is 2.56. The second kappa shape index (κ2) is 6.09. The molecular weight excluding hydrogens is 198 g/mol. The Morgan fingerprint density at radius 1 is 1.50 bits per heavy atom. The van der Waals surface area contributed by atoms with Gasteiger partial charge in [0.25, 0.3) is 0 Å². The van der Waals surface area contributed by atoms with Crippen LogP contribution in [0.3, 0.4) is 0 Å². The molecule has 0 unspecified atom stereocenters. The molecule has 0 radical (unpaired) electrons. The summed E-state index contributed by atoms with van der Waals surface area (Å²) in [5.41, 5.74) is 5.26. The van der Waals surface area contributed by atoms with Gasteiger partial charge in [0.2, 0.25) is 0 Å². The minimum atomic E-state index is 0.338. The van der Waals surface area contributed by atoms with Crippen LogP contribution in [0.4, 0.5) is 5.82 Å². The second-order valence-corrected chi connectivity index (χ2v) is 3.12. The van der Waals surface area contributed by atoms with Crippen LogP contribution in [0, 0.1) is 0 Å². The molecule has 14 heavy (non-hydrogen) atoms. The van der Waals surface area contributed by atoms with Gasteiger partial charge in [-0.1, -0.05) is 0 Å². The van der Waals surface area contributed by atoms with Crippen molar-refractivity contribution in [1.82, 2.24) is 15.5 Å². The Morgan fingerprint density at radius 2 is 2.36 bits per heavy atom. The molecular formula is C8H13N5S. The fourth-order valence-corrected chi connectivity index (χ4v) is 1.01. The average molecular weight is 211 g/mol. The van der Waals surface area contributed by atoms with Crippen molar-refractivity contribution in [3.8, 4) is 0 Å². The van der Waals surface area contributed by atoms with Crippen LogP contribution in [0.1, 0.15) is 6.42 Å². The average Bonchev–Trinajstić information content (AvgIpc) is 2.18. The van der Waals surface area contributed by atoms with Crippen LogP contribution >= 0.6 is 12.2 Å². The molecule has 0 atom stereocenters. The molecule has 0 aromatic carbocycles. The maximum absolute atomic E-state index is 5.26. The molecule has 0 saturated heterocycles. The van der Waals surface area contributed by atoms with E-state index in [1.54, 1.807) is 6.20 Å². The Morgan fingerprint density at radius 3 is 3.00 bits per heavy atom. The highest BCUT2D eigenvalue weighted by Gasteiger charge is 1.91. The van der Waals surface area contributed by atoms with Crippen molar-refractivity contribution in [2.75, 3.05) is 18.4 Å². The summed E-state index contributed by atoms with van der Waals surface area (Å²) in [5, 5.41) is 13.9. The smallest absolute Gasteiger partial charge is 0.163 e.